The van der Waals surface area contributed by atoms with Gasteiger partial charge in [-0.05, 0) is 18.1 Å². The van der Waals surface area contributed by atoms with Crippen LogP contribution in [0.1, 0.15) is 18.4 Å². The zero-order valence-electron chi connectivity index (χ0n) is 10.9. The molecule has 1 aliphatic rings. The van der Waals surface area contributed by atoms with Crippen LogP contribution in [0, 0.1) is 0 Å². The molecule has 0 aliphatic carbocycles. The van der Waals surface area contributed by atoms with Crippen molar-refractivity contribution in [3.8, 4) is 0 Å². The van der Waals surface area contributed by atoms with Gasteiger partial charge in [0, 0.05) is 31.7 Å². The summed E-state index contributed by atoms with van der Waals surface area (Å²) in [5.41, 5.74) is 1.93. The van der Waals surface area contributed by atoms with Crippen molar-refractivity contribution in [2.75, 3.05) is 25.0 Å². The SMILES string of the molecule is O=C1CCCN1Cc1ccccc1NCC(O)CO. The summed E-state index contributed by atoms with van der Waals surface area (Å²) in [7, 11) is 0. The third-order valence-corrected chi connectivity index (χ3v) is 3.29. The molecule has 1 atom stereocenters. The predicted octanol–water partition coefficient (Wildman–Crippen LogP) is 0.574. The molecule has 1 aromatic rings. The van der Waals surface area contributed by atoms with Gasteiger partial charge >= 0.3 is 0 Å². The van der Waals surface area contributed by atoms with E-state index in [-0.39, 0.29) is 12.5 Å². The average molecular weight is 264 g/mol. The Morgan fingerprint density at radius 1 is 1.37 bits per heavy atom. The molecule has 1 fully saturated rings. The Morgan fingerprint density at radius 2 is 2.16 bits per heavy atom. The fourth-order valence-corrected chi connectivity index (χ4v) is 2.20. The van der Waals surface area contributed by atoms with Gasteiger partial charge in [0.15, 0.2) is 0 Å². The number of anilines is 1. The highest BCUT2D eigenvalue weighted by atomic mass is 16.3. The number of amides is 1. The van der Waals surface area contributed by atoms with Crippen LogP contribution >= 0.6 is 0 Å². The number of hydrogen-bond donors (Lipinski definition) is 3. The van der Waals surface area contributed by atoms with Gasteiger partial charge < -0.3 is 20.4 Å². The average Bonchev–Trinajstić information content (AvgIpc) is 2.83. The van der Waals surface area contributed by atoms with E-state index in [2.05, 4.69) is 5.32 Å². The van der Waals surface area contributed by atoms with Crippen molar-refractivity contribution < 1.29 is 15.0 Å². The van der Waals surface area contributed by atoms with Crippen LogP contribution in [0.5, 0.6) is 0 Å². The lowest BCUT2D eigenvalue weighted by Gasteiger charge is -2.19. The van der Waals surface area contributed by atoms with Crippen molar-refractivity contribution >= 4 is 11.6 Å². The van der Waals surface area contributed by atoms with Crippen molar-refractivity contribution in [2.45, 2.75) is 25.5 Å². The van der Waals surface area contributed by atoms with Gasteiger partial charge in [-0.25, -0.2) is 0 Å². The molecule has 0 aromatic heterocycles. The molecule has 0 radical (unpaired) electrons. The van der Waals surface area contributed by atoms with Crippen LogP contribution in [-0.4, -0.2) is 46.8 Å². The molecule has 1 aromatic carbocycles. The molecule has 0 saturated carbocycles. The Labute approximate surface area is 112 Å². The lowest BCUT2D eigenvalue weighted by atomic mass is 10.1. The van der Waals surface area contributed by atoms with Gasteiger partial charge in [-0.15, -0.1) is 0 Å². The molecular weight excluding hydrogens is 244 g/mol. The molecule has 0 spiro atoms. The molecule has 5 heteroatoms. The Bertz CT molecular complexity index is 436. The number of likely N-dealkylation sites (tertiary alicyclic amines) is 1. The molecule has 0 bridgehead atoms. The molecule has 1 amide bonds. The van der Waals surface area contributed by atoms with E-state index in [0.29, 0.717) is 19.5 Å². The van der Waals surface area contributed by atoms with Gasteiger partial charge in [0.2, 0.25) is 5.91 Å². The third kappa shape index (κ3) is 3.68. The number of aliphatic hydroxyl groups excluding tert-OH is 2. The van der Waals surface area contributed by atoms with Crippen LogP contribution in [0.3, 0.4) is 0 Å². The van der Waals surface area contributed by atoms with Crippen molar-refractivity contribution in [3.05, 3.63) is 29.8 Å². The number of aliphatic hydroxyl groups is 2. The minimum Gasteiger partial charge on any atom is -0.394 e. The van der Waals surface area contributed by atoms with Crippen molar-refractivity contribution in [3.63, 3.8) is 0 Å². The number of rotatable bonds is 6. The first-order chi connectivity index (χ1) is 9.20. The molecule has 1 aliphatic heterocycles. The summed E-state index contributed by atoms with van der Waals surface area (Å²) >= 11 is 0. The maximum absolute atomic E-state index is 11.6. The third-order valence-electron chi connectivity index (χ3n) is 3.29. The first kappa shape index (κ1) is 13.8. The van der Waals surface area contributed by atoms with E-state index in [4.69, 9.17) is 5.11 Å². The Morgan fingerprint density at radius 3 is 2.84 bits per heavy atom. The molecule has 5 nitrogen and oxygen atoms in total. The molecule has 104 valence electrons. The van der Waals surface area contributed by atoms with Gasteiger partial charge in [0.1, 0.15) is 0 Å². The van der Waals surface area contributed by atoms with Crippen LogP contribution in [0.15, 0.2) is 24.3 Å². The van der Waals surface area contributed by atoms with Gasteiger partial charge in [0.25, 0.3) is 0 Å². The summed E-state index contributed by atoms with van der Waals surface area (Å²) in [5.74, 6) is 0.199. The van der Waals surface area contributed by atoms with E-state index in [1.807, 2.05) is 29.2 Å². The Hall–Kier alpha value is -1.59. The maximum Gasteiger partial charge on any atom is 0.222 e. The highest BCUT2D eigenvalue weighted by Gasteiger charge is 2.20. The normalized spacial score (nSPS) is 16.7. The number of carbonyl (C=O) groups excluding carboxylic acids is 1. The fraction of sp³-hybridized carbons (Fsp3) is 0.500. The molecular formula is C14H20N2O3. The first-order valence-corrected chi connectivity index (χ1v) is 6.59. The summed E-state index contributed by atoms with van der Waals surface area (Å²) in [6, 6.07) is 7.73. The number of carbonyl (C=O) groups is 1. The molecule has 3 N–H and O–H groups in total. The summed E-state index contributed by atoms with van der Waals surface area (Å²) in [6.45, 7) is 1.44. The topological polar surface area (TPSA) is 72.8 Å². The van der Waals surface area contributed by atoms with E-state index in [0.717, 1.165) is 24.2 Å². The summed E-state index contributed by atoms with van der Waals surface area (Å²) < 4.78 is 0. The van der Waals surface area contributed by atoms with Crippen LogP contribution in [0.25, 0.3) is 0 Å². The van der Waals surface area contributed by atoms with E-state index in [1.54, 1.807) is 0 Å². The Balaban J connectivity index is 2.01. The van der Waals surface area contributed by atoms with E-state index in [9.17, 15) is 9.90 Å². The van der Waals surface area contributed by atoms with Crippen LogP contribution in [0.4, 0.5) is 5.69 Å². The minimum absolute atomic E-state index is 0.199. The van der Waals surface area contributed by atoms with E-state index >= 15 is 0 Å². The highest BCUT2D eigenvalue weighted by Crippen LogP contribution is 2.20. The minimum atomic E-state index is -0.776. The van der Waals surface area contributed by atoms with Crippen LogP contribution in [-0.2, 0) is 11.3 Å². The molecule has 2 rings (SSSR count). The van der Waals surface area contributed by atoms with Gasteiger partial charge in [-0.3, -0.25) is 4.79 Å². The monoisotopic (exact) mass is 264 g/mol. The smallest absolute Gasteiger partial charge is 0.222 e. The largest absolute Gasteiger partial charge is 0.394 e. The zero-order chi connectivity index (χ0) is 13.7. The summed E-state index contributed by atoms with van der Waals surface area (Å²) in [6.07, 6.45) is 0.790. The van der Waals surface area contributed by atoms with Crippen molar-refractivity contribution in [2.24, 2.45) is 0 Å². The quantitative estimate of drug-likeness (QED) is 0.702. The number of para-hydroxylation sites is 1. The predicted molar refractivity (Wildman–Crippen MR) is 72.7 cm³/mol. The molecule has 1 unspecified atom stereocenters. The second-order valence-corrected chi connectivity index (χ2v) is 4.79. The lowest BCUT2D eigenvalue weighted by Crippen LogP contribution is -2.26. The van der Waals surface area contributed by atoms with Gasteiger partial charge in [-0.1, -0.05) is 18.2 Å². The zero-order valence-corrected chi connectivity index (χ0v) is 10.9. The first-order valence-electron chi connectivity index (χ1n) is 6.59. The standard InChI is InChI=1S/C14H20N2O3/c17-10-12(18)8-15-13-5-2-1-4-11(13)9-16-7-3-6-14(16)19/h1-2,4-5,12,15,17-18H,3,6-10H2. The van der Waals surface area contributed by atoms with Gasteiger partial charge in [0.05, 0.1) is 12.7 Å². The molecule has 1 heterocycles. The van der Waals surface area contributed by atoms with Crippen molar-refractivity contribution in [1.29, 1.82) is 0 Å². The number of hydrogen-bond acceptors (Lipinski definition) is 4. The lowest BCUT2D eigenvalue weighted by molar-refractivity contribution is -0.128. The van der Waals surface area contributed by atoms with Crippen LogP contribution in [0.2, 0.25) is 0 Å². The second-order valence-electron chi connectivity index (χ2n) is 4.79. The van der Waals surface area contributed by atoms with E-state index < -0.39 is 6.10 Å². The van der Waals surface area contributed by atoms with Gasteiger partial charge in [-0.2, -0.15) is 0 Å². The number of benzene rings is 1. The van der Waals surface area contributed by atoms with Crippen molar-refractivity contribution in [1.82, 2.24) is 4.90 Å². The van der Waals surface area contributed by atoms with E-state index in [1.165, 1.54) is 0 Å². The molecule has 1 saturated heterocycles. The Kier molecular flexibility index (Phi) is 4.76. The second kappa shape index (κ2) is 6.54. The fourth-order valence-electron chi connectivity index (χ4n) is 2.20. The maximum atomic E-state index is 11.6. The van der Waals surface area contributed by atoms with Crippen LogP contribution < -0.4 is 5.32 Å². The number of nitrogens with zero attached hydrogens (tertiary/aromatic N) is 1. The number of nitrogens with one attached hydrogen (secondary N) is 1. The molecule has 19 heavy (non-hydrogen) atoms. The summed E-state index contributed by atoms with van der Waals surface area (Å²) in [5, 5.41) is 21.3. The summed E-state index contributed by atoms with van der Waals surface area (Å²) in [4.78, 5) is 13.5. The highest BCUT2D eigenvalue weighted by molar-refractivity contribution is 5.78.